The van der Waals surface area contributed by atoms with E-state index in [4.69, 9.17) is 10.1 Å². The number of ether oxygens (including phenoxy) is 1. The molecule has 0 aromatic heterocycles. The van der Waals surface area contributed by atoms with E-state index in [0.717, 1.165) is 50.4 Å². The number of piperazine rings is 1. The molecule has 1 amide bonds. The van der Waals surface area contributed by atoms with Crippen LogP contribution < -0.4 is 15.0 Å². The van der Waals surface area contributed by atoms with Crippen molar-refractivity contribution in [2.24, 2.45) is 0 Å². The Hall–Kier alpha value is -3.80. The number of benzene rings is 3. The van der Waals surface area contributed by atoms with Crippen LogP contribution in [0.1, 0.15) is 18.4 Å². The van der Waals surface area contributed by atoms with E-state index in [-0.39, 0.29) is 11.9 Å². The fourth-order valence-electron chi connectivity index (χ4n) is 3.91. The van der Waals surface area contributed by atoms with E-state index in [2.05, 4.69) is 22.3 Å². The van der Waals surface area contributed by atoms with E-state index < -0.39 is 0 Å². The second-order valence-electron chi connectivity index (χ2n) is 8.13. The van der Waals surface area contributed by atoms with E-state index in [9.17, 15) is 4.79 Å². The van der Waals surface area contributed by atoms with Gasteiger partial charge < -0.3 is 19.9 Å². The predicted octanol–water partition coefficient (Wildman–Crippen LogP) is 4.78. The van der Waals surface area contributed by atoms with Gasteiger partial charge in [0.2, 0.25) is 5.91 Å². The van der Waals surface area contributed by atoms with E-state index >= 15 is 0 Å². The first-order valence-corrected chi connectivity index (χ1v) is 11.4. The minimum absolute atomic E-state index is 0.0456. The number of nitrogens with one attached hydrogen (secondary N) is 2. The van der Waals surface area contributed by atoms with Gasteiger partial charge in [-0.05, 0) is 54.8 Å². The molecule has 3 aromatic rings. The number of carbonyl (C=O) groups excluding carboxylic acids is 1. The monoisotopic (exact) mass is 442 g/mol. The first kappa shape index (κ1) is 22.4. The molecule has 0 radical (unpaired) electrons. The molecule has 6 heteroatoms. The van der Waals surface area contributed by atoms with Gasteiger partial charge in [0.05, 0.1) is 0 Å². The van der Waals surface area contributed by atoms with Crippen molar-refractivity contribution < 1.29 is 9.53 Å². The number of amides is 1. The van der Waals surface area contributed by atoms with E-state index in [1.54, 1.807) is 0 Å². The molecule has 4 rings (SSSR count). The largest absolute Gasteiger partial charge is 0.426 e. The van der Waals surface area contributed by atoms with Gasteiger partial charge in [-0.15, -0.1) is 0 Å². The molecular weight excluding hydrogens is 412 g/mol. The lowest BCUT2D eigenvalue weighted by atomic mass is 10.1. The normalized spacial score (nSPS) is 13.5. The second kappa shape index (κ2) is 11.2. The summed E-state index contributed by atoms with van der Waals surface area (Å²) in [5.74, 6) is 0.729. The van der Waals surface area contributed by atoms with E-state index in [1.807, 2.05) is 77.7 Å². The molecule has 6 nitrogen and oxygen atoms in total. The molecule has 0 bridgehead atoms. The standard InChI is InChI=1S/C27H30N4O2/c28-27(33-25-11-5-2-6-12-25)31-20-18-30(19-21-31)24-16-14-23(15-17-24)29-26(32)13-7-10-22-8-3-1-4-9-22/h1-6,8-9,11-12,14-17,28H,7,10,13,18-21H2,(H,29,32). The Labute approximate surface area is 195 Å². The van der Waals surface area contributed by atoms with Gasteiger partial charge in [0.15, 0.2) is 0 Å². The van der Waals surface area contributed by atoms with Crippen molar-refractivity contribution in [1.29, 1.82) is 5.41 Å². The van der Waals surface area contributed by atoms with Crippen LogP contribution in [-0.2, 0) is 11.2 Å². The molecular formula is C27H30N4O2. The number of nitrogens with zero attached hydrogens (tertiary/aromatic N) is 2. The van der Waals surface area contributed by atoms with Gasteiger partial charge in [0.25, 0.3) is 6.02 Å². The number of carbonyl (C=O) groups is 1. The van der Waals surface area contributed by atoms with Crippen LogP contribution in [0.4, 0.5) is 11.4 Å². The van der Waals surface area contributed by atoms with Crippen molar-refractivity contribution in [3.05, 3.63) is 90.5 Å². The lowest BCUT2D eigenvalue weighted by Crippen LogP contribution is -2.49. The molecule has 1 aliphatic heterocycles. The van der Waals surface area contributed by atoms with Crippen molar-refractivity contribution in [3.8, 4) is 5.75 Å². The maximum Gasteiger partial charge on any atom is 0.290 e. The molecule has 0 unspecified atom stereocenters. The fraction of sp³-hybridized carbons (Fsp3) is 0.259. The summed E-state index contributed by atoms with van der Waals surface area (Å²) in [7, 11) is 0. The summed E-state index contributed by atoms with van der Waals surface area (Å²) >= 11 is 0. The molecule has 2 N–H and O–H groups in total. The molecule has 0 saturated carbocycles. The zero-order valence-corrected chi connectivity index (χ0v) is 18.7. The third kappa shape index (κ3) is 6.59. The lowest BCUT2D eigenvalue weighted by molar-refractivity contribution is -0.116. The quantitative estimate of drug-likeness (QED) is 0.408. The molecule has 3 aromatic carbocycles. The number of para-hydroxylation sites is 1. The molecule has 1 heterocycles. The van der Waals surface area contributed by atoms with Crippen LogP contribution in [0.2, 0.25) is 0 Å². The Morgan fingerprint density at radius 1 is 0.848 bits per heavy atom. The average Bonchev–Trinajstić information content (AvgIpc) is 2.86. The number of anilines is 2. The zero-order chi connectivity index (χ0) is 22.9. The number of amidine groups is 1. The topological polar surface area (TPSA) is 68.7 Å². The van der Waals surface area contributed by atoms with Gasteiger partial charge in [-0.3, -0.25) is 10.2 Å². The van der Waals surface area contributed by atoms with Gasteiger partial charge >= 0.3 is 0 Å². The molecule has 0 atom stereocenters. The summed E-state index contributed by atoms with van der Waals surface area (Å²) in [6.07, 6.45) is 2.25. The van der Waals surface area contributed by atoms with Crippen LogP contribution in [0.5, 0.6) is 5.75 Å². The average molecular weight is 443 g/mol. The summed E-state index contributed by atoms with van der Waals surface area (Å²) in [4.78, 5) is 16.5. The van der Waals surface area contributed by atoms with Crippen molar-refractivity contribution in [2.75, 3.05) is 36.4 Å². The number of hydrogen-bond acceptors (Lipinski definition) is 4. The van der Waals surface area contributed by atoms with Crippen molar-refractivity contribution in [1.82, 2.24) is 4.90 Å². The van der Waals surface area contributed by atoms with Crippen LogP contribution in [0.3, 0.4) is 0 Å². The summed E-state index contributed by atoms with van der Waals surface area (Å²) in [5, 5.41) is 11.2. The Kier molecular flexibility index (Phi) is 7.59. The van der Waals surface area contributed by atoms with Gasteiger partial charge in [-0.1, -0.05) is 48.5 Å². The molecule has 1 aliphatic rings. The van der Waals surface area contributed by atoms with E-state index in [1.165, 1.54) is 5.56 Å². The molecule has 33 heavy (non-hydrogen) atoms. The van der Waals surface area contributed by atoms with E-state index in [0.29, 0.717) is 12.2 Å². The van der Waals surface area contributed by atoms with Crippen molar-refractivity contribution in [3.63, 3.8) is 0 Å². The van der Waals surface area contributed by atoms with Crippen LogP contribution in [0.15, 0.2) is 84.9 Å². The molecule has 0 spiro atoms. The summed E-state index contributed by atoms with van der Waals surface area (Å²) in [6, 6.07) is 27.9. The Balaban J connectivity index is 1.20. The van der Waals surface area contributed by atoms with Gasteiger partial charge in [0, 0.05) is 44.0 Å². The van der Waals surface area contributed by atoms with Crippen LogP contribution >= 0.6 is 0 Å². The highest BCUT2D eigenvalue weighted by Crippen LogP contribution is 2.20. The van der Waals surface area contributed by atoms with Gasteiger partial charge in [0.1, 0.15) is 5.75 Å². The van der Waals surface area contributed by atoms with Crippen molar-refractivity contribution in [2.45, 2.75) is 19.3 Å². The van der Waals surface area contributed by atoms with Gasteiger partial charge in [-0.25, -0.2) is 0 Å². The molecule has 1 fully saturated rings. The summed E-state index contributed by atoms with van der Waals surface area (Å²) < 4.78 is 5.65. The minimum Gasteiger partial charge on any atom is -0.426 e. The number of aryl methyl sites for hydroxylation is 1. The summed E-state index contributed by atoms with van der Waals surface area (Å²) in [6.45, 7) is 3.08. The second-order valence-corrected chi connectivity index (χ2v) is 8.13. The minimum atomic E-state index is 0.0456. The Morgan fingerprint density at radius 3 is 2.15 bits per heavy atom. The smallest absolute Gasteiger partial charge is 0.290 e. The molecule has 0 aliphatic carbocycles. The van der Waals surface area contributed by atoms with Crippen LogP contribution in [-0.4, -0.2) is 43.0 Å². The number of hydrogen-bond donors (Lipinski definition) is 2. The first-order chi connectivity index (χ1) is 16.2. The highest BCUT2D eigenvalue weighted by molar-refractivity contribution is 5.90. The Bertz CT molecular complexity index is 1030. The fourth-order valence-corrected chi connectivity index (χ4v) is 3.91. The third-order valence-corrected chi connectivity index (χ3v) is 5.75. The summed E-state index contributed by atoms with van der Waals surface area (Å²) in [5.41, 5.74) is 3.20. The first-order valence-electron chi connectivity index (χ1n) is 11.4. The highest BCUT2D eigenvalue weighted by Gasteiger charge is 2.20. The predicted molar refractivity (Wildman–Crippen MR) is 133 cm³/mol. The zero-order valence-electron chi connectivity index (χ0n) is 18.7. The molecule has 170 valence electrons. The van der Waals surface area contributed by atoms with Gasteiger partial charge in [-0.2, -0.15) is 0 Å². The van der Waals surface area contributed by atoms with Crippen LogP contribution in [0.25, 0.3) is 0 Å². The maximum absolute atomic E-state index is 12.3. The highest BCUT2D eigenvalue weighted by atomic mass is 16.5. The maximum atomic E-state index is 12.3. The Morgan fingerprint density at radius 2 is 1.48 bits per heavy atom. The lowest BCUT2D eigenvalue weighted by Gasteiger charge is -2.36. The molecule has 1 saturated heterocycles. The third-order valence-electron chi connectivity index (χ3n) is 5.75. The van der Waals surface area contributed by atoms with Crippen LogP contribution in [0, 0.1) is 5.41 Å². The van der Waals surface area contributed by atoms with Crippen molar-refractivity contribution >= 4 is 23.3 Å². The SMILES string of the molecule is N=C(Oc1ccccc1)N1CCN(c2ccc(NC(=O)CCCc3ccccc3)cc2)CC1. The number of rotatable bonds is 7.